The predicted octanol–water partition coefficient (Wildman–Crippen LogP) is 3.40. The number of hydrogen-bond donors (Lipinski definition) is 0. The zero-order valence-electron chi connectivity index (χ0n) is 10.4. The molecular formula is C16H16O2. The molecule has 2 aromatic rings. The molecule has 0 saturated carbocycles. The summed E-state index contributed by atoms with van der Waals surface area (Å²) in [4.78, 5) is 11.0. The molecule has 92 valence electrons. The molecule has 0 aliphatic heterocycles. The molecule has 2 rings (SSSR count). The molecule has 2 aromatic carbocycles. The molecule has 0 aliphatic carbocycles. The van der Waals surface area contributed by atoms with Crippen LogP contribution in [0, 0.1) is 0 Å². The molecule has 0 unspecified atom stereocenters. The second-order valence-corrected chi connectivity index (χ2v) is 4.19. The van der Waals surface area contributed by atoms with E-state index in [9.17, 15) is 4.79 Å². The summed E-state index contributed by atoms with van der Waals surface area (Å²) in [5.41, 5.74) is 2.35. The van der Waals surface area contributed by atoms with Crippen molar-refractivity contribution in [2.75, 3.05) is 0 Å². The second-order valence-electron chi connectivity index (χ2n) is 4.19. The molecular weight excluding hydrogens is 224 g/mol. The number of rotatable bonds is 4. The van der Waals surface area contributed by atoms with Crippen molar-refractivity contribution in [1.29, 1.82) is 0 Å². The van der Waals surface area contributed by atoms with Gasteiger partial charge in [-0.05, 0) is 30.0 Å². The van der Waals surface area contributed by atoms with Gasteiger partial charge >= 0.3 is 5.97 Å². The third-order valence-electron chi connectivity index (χ3n) is 2.75. The van der Waals surface area contributed by atoms with Crippen LogP contribution in [0.25, 0.3) is 0 Å². The number of esters is 1. The maximum absolute atomic E-state index is 11.0. The van der Waals surface area contributed by atoms with Crippen LogP contribution in [0.15, 0.2) is 54.6 Å². The van der Waals surface area contributed by atoms with Gasteiger partial charge in [0.2, 0.25) is 0 Å². The van der Waals surface area contributed by atoms with E-state index < -0.39 is 0 Å². The van der Waals surface area contributed by atoms with Crippen LogP contribution in [-0.2, 0) is 17.6 Å². The lowest BCUT2D eigenvalue weighted by molar-refractivity contribution is -0.131. The Balaban J connectivity index is 2.07. The van der Waals surface area contributed by atoms with E-state index in [1.54, 1.807) is 0 Å². The van der Waals surface area contributed by atoms with Crippen molar-refractivity contribution in [3.63, 3.8) is 0 Å². The van der Waals surface area contributed by atoms with E-state index >= 15 is 0 Å². The predicted molar refractivity (Wildman–Crippen MR) is 71.6 cm³/mol. The smallest absolute Gasteiger partial charge is 0.308 e. The van der Waals surface area contributed by atoms with Gasteiger partial charge in [-0.2, -0.15) is 0 Å². The van der Waals surface area contributed by atoms with Crippen LogP contribution in [0.1, 0.15) is 18.1 Å². The minimum absolute atomic E-state index is 0.276. The summed E-state index contributed by atoms with van der Waals surface area (Å²) in [6.45, 7) is 1.42. The molecule has 0 aromatic heterocycles. The van der Waals surface area contributed by atoms with Gasteiger partial charge in [-0.3, -0.25) is 4.79 Å². The molecule has 2 heteroatoms. The van der Waals surface area contributed by atoms with Crippen LogP contribution in [0.3, 0.4) is 0 Å². The van der Waals surface area contributed by atoms with Crippen molar-refractivity contribution in [3.05, 3.63) is 65.7 Å². The molecule has 0 spiro atoms. The second kappa shape index (κ2) is 6.01. The van der Waals surface area contributed by atoms with E-state index in [1.165, 1.54) is 12.5 Å². The molecule has 0 heterocycles. The average molecular weight is 240 g/mol. The fourth-order valence-electron chi connectivity index (χ4n) is 1.89. The minimum Gasteiger partial charge on any atom is -0.426 e. The van der Waals surface area contributed by atoms with E-state index in [0.717, 1.165) is 18.4 Å². The highest BCUT2D eigenvalue weighted by atomic mass is 16.5. The molecule has 0 N–H and O–H groups in total. The summed E-state index contributed by atoms with van der Waals surface area (Å²) in [6.07, 6.45) is 1.81. The maximum Gasteiger partial charge on any atom is 0.308 e. The van der Waals surface area contributed by atoms with Gasteiger partial charge in [0.25, 0.3) is 0 Å². The van der Waals surface area contributed by atoms with Crippen LogP contribution < -0.4 is 4.74 Å². The molecule has 0 aliphatic rings. The highest BCUT2D eigenvalue weighted by molar-refractivity contribution is 5.69. The van der Waals surface area contributed by atoms with E-state index in [0.29, 0.717) is 5.75 Å². The average Bonchev–Trinajstić information content (AvgIpc) is 2.38. The number of para-hydroxylation sites is 1. The Kier molecular flexibility index (Phi) is 4.13. The number of aryl methyl sites for hydroxylation is 2. The summed E-state index contributed by atoms with van der Waals surface area (Å²) >= 11 is 0. The van der Waals surface area contributed by atoms with Crippen LogP contribution in [0.2, 0.25) is 0 Å². The third-order valence-corrected chi connectivity index (χ3v) is 2.75. The Morgan fingerprint density at radius 2 is 1.61 bits per heavy atom. The van der Waals surface area contributed by atoms with Gasteiger partial charge < -0.3 is 4.74 Å². The first kappa shape index (κ1) is 12.4. The summed E-state index contributed by atoms with van der Waals surface area (Å²) in [6, 6.07) is 18.0. The van der Waals surface area contributed by atoms with Crippen LogP contribution in [0.4, 0.5) is 0 Å². The lowest BCUT2D eigenvalue weighted by Crippen LogP contribution is -2.04. The molecule has 0 radical (unpaired) electrons. The summed E-state index contributed by atoms with van der Waals surface area (Å²) < 4.78 is 5.19. The highest BCUT2D eigenvalue weighted by Gasteiger charge is 2.05. The SMILES string of the molecule is CC(=O)Oc1ccccc1CCc1ccccc1. The quantitative estimate of drug-likeness (QED) is 0.605. The lowest BCUT2D eigenvalue weighted by atomic mass is 10.0. The molecule has 18 heavy (non-hydrogen) atoms. The van der Waals surface area contributed by atoms with E-state index in [4.69, 9.17) is 4.74 Å². The number of benzene rings is 2. The van der Waals surface area contributed by atoms with Gasteiger partial charge in [-0.15, -0.1) is 0 Å². The summed E-state index contributed by atoms with van der Waals surface area (Å²) in [5.74, 6) is 0.392. The van der Waals surface area contributed by atoms with Gasteiger partial charge in [0.1, 0.15) is 5.75 Å². The number of hydrogen-bond acceptors (Lipinski definition) is 2. The van der Waals surface area contributed by atoms with Crippen LogP contribution >= 0.6 is 0 Å². The first-order valence-corrected chi connectivity index (χ1v) is 6.06. The highest BCUT2D eigenvalue weighted by Crippen LogP contribution is 2.20. The first-order chi connectivity index (χ1) is 8.75. The van der Waals surface area contributed by atoms with Crippen LogP contribution in [0.5, 0.6) is 5.75 Å². The van der Waals surface area contributed by atoms with Crippen molar-refractivity contribution >= 4 is 5.97 Å². The van der Waals surface area contributed by atoms with E-state index in [2.05, 4.69) is 12.1 Å². The molecule has 0 amide bonds. The number of carbonyl (C=O) groups excluding carboxylic acids is 1. The Morgan fingerprint density at radius 1 is 0.944 bits per heavy atom. The van der Waals surface area contributed by atoms with Crippen molar-refractivity contribution in [2.45, 2.75) is 19.8 Å². The van der Waals surface area contributed by atoms with Gasteiger partial charge in [-0.25, -0.2) is 0 Å². The monoisotopic (exact) mass is 240 g/mol. The number of ether oxygens (including phenoxy) is 1. The van der Waals surface area contributed by atoms with Crippen molar-refractivity contribution < 1.29 is 9.53 Å². The third kappa shape index (κ3) is 3.45. The molecule has 0 bridgehead atoms. The first-order valence-electron chi connectivity index (χ1n) is 6.06. The van der Waals surface area contributed by atoms with Crippen molar-refractivity contribution in [1.82, 2.24) is 0 Å². The van der Waals surface area contributed by atoms with Crippen LogP contribution in [-0.4, -0.2) is 5.97 Å². The van der Waals surface area contributed by atoms with Gasteiger partial charge in [-0.1, -0.05) is 48.5 Å². The summed E-state index contributed by atoms with van der Waals surface area (Å²) in [7, 11) is 0. The number of carbonyl (C=O) groups is 1. The van der Waals surface area contributed by atoms with Gasteiger partial charge in [0, 0.05) is 6.92 Å². The topological polar surface area (TPSA) is 26.3 Å². The normalized spacial score (nSPS) is 10.1. The molecule has 0 fully saturated rings. The fourth-order valence-corrected chi connectivity index (χ4v) is 1.89. The zero-order chi connectivity index (χ0) is 12.8. The van der Waals surface area contributed by atoms with E-state index in [-0.39, 0.29) is 5.97 Å². The Hall–Kier alpha value is -2.09. The Labute approximate surface area is 107 Å². The standard InChI is InChI=1S/C16H16O2/c1-13(17)18-16-10-6-5-9-15(16)12-11-14-7-3-2-4-8-14/h2-10H,11-12H2,1H3. The van der Waals surface area contributed by atoms with Gasteiger partial charge in [0.05, 0.1) is 0 Å². The van der Waals surface area contributed by atoms with Gasteiger partial charge in [0.15, 0.2) is 0 Å². The van der Waals surface area contributed by atoms with Crippen molar-refractivity contribution in [3.8, 4) is 5.75 Å². The zero-order valence-corrected chi connectivity index (χ0v) is 10.4. The largest absolute Gasteiger partial charge is 0.426 e. The Bertz CT molecular complexity index is 518. The molecule has 0 saturated heterocycles. The maximum atomic E-state index is 11.0. The fraction of sp³-hybridized carbons (Fsp3) is 0.188. The van der Waals surface area contributed by atoms with E-state index in [1.807, 2.05) is 42.5 Å². The lowest BCUT2D eigenvalue weighted by Gasteiger charge is -2.08. The minimum atomic E-state index is -0.276. The molecule has 2 nitrogen and oxygen atoms in total. The summed E-state index contributed by atoms with van der Waals surface area (Å²) in [5, 5.41) is 0. The van der Waals surface area contributed by atoms with Crippen molar-refractivity contribution in [2.24, 2.45) is 0 Å². The molecule has 0 atom stereocenters. The Morgan fingerprint density at radius 3 is 2.33 bits per heavy atom.